The van der Waals surface area contributed by atoms with Gasteiger partial charge in [0.1, 0.15) is 11.5 Å². The topological polar surface area (TPSA) is 99.9 Å². The summed E-state index contributed by atoms with van der Waals surface area (Å²) < 4.78 is 24.0. The summed E-state index contributed by atoms with van der Waals surface area (Å²) in [6.45, 7) is 0. The predicted octanol–water partition coefficient (Wildman–Crippen LogP) is 1.17. The van der Waals surface area contributed by atoms with E-state index >= 15 is 0 Å². The minimum atomic E-state index is -0.899. The number of nitrogens with zero attached hydrogens (tertiary/aromatic N) is 1. The maximum atomic E-state index is 14.2. The number of amidine groups is 1. The van der Waals surface area contributed by atoms with Gasteiger partial charge in [0, 0.05) is 0 Å². The summed E-state index contributed by atoms with van der Waals surface area (Å²) >= 11 is 5.47. The molecule has 8 heteroatoms. The SMILES string of the molecule is COc1cc(C(N)=O)c(N=C(N)CCl)c(F)c1OC. The van der Waals surface area contributed by atoms with E-state index in [2.05, 4.69) is 4.99 Å². The van der Waals surface area contributed by atoms with Gasteiger partial charge in [-0.05, 0) is 6.07 Å². The lowest BCUT2D eigenvalue weighted by Crippen LogP contribution is -2.16. The fraction of sp³-hybridized carbons (Fsp3) is 0.273. The molecule has 0 saturated heterocycles. The quantitative estimate of drug-likeness (QED) is 0.483. The Kier molecular flexibility index (Phi) is 4.94. The molecule has 0 bridgehead atoms. The van der Waals surface area contributed by atoms with Gasteiger partial charge >= 0.3 is 0 Å². The Bertz CT molecular complexity index is 534. The van der Waals surface area contributed by atoms with Crippen molar-refractivity contribution in [2.24, 2.45) is 16.5 Å². The molecule has 4 N–H and O–H groups in total. The first-order valence-corrected chi connectivity index (χ1v) is 5.63. The zero-order valence-electron chi connectivity index (χ0n) is 10.4. The molecule has 104 valence electrons. The second kappa shape index (κ2) is 6.24. The fourth-order valence-corrected chi connectivity index (χ4v) is 1.47. The van der Waals surface area contributed by atoms with Crippen LogP contribution < -0.4 is 20.9 Å². The Morgan fingerprint density at radius 3 is 2.47 bits per heavy atom. The molecule has 0 aromatic heterocycles. The second-order valence-corrected chi connectivity index (χ2v) is 3.69. The van der Waals surface area contributed by atoms with E-state index < -0.39 is 11.7 Å². The molecule has 0 spiro atoms. The standard InChI is InChI=1S/C11H13ClFN3O3/c1-18-6-3-5(11(15)17)9(16-7(14)4-12)8(13)10(6)19-2/h3H,4H2,1-2H3,(H2,14,16)(H2,15,17). The van der Waals surface area contributed by atoms with Crippen LogP contribution in [-0.4, -0.2) is 31.8 Å². The molecule has 19 heavy (non-hydrogen) atoms. The zero-order chi connectivity index (χ0) is 14.6. The molecular weight excluding hydrogens is 277 g/mol. The third-order valence-corrected chi connectivity index (χ3v) is 2.52. The lowest BCUT2D eigenvalue weighted by Gasteiger charge is -2.12. The molecule has 0 unspecified atom stereocenters. The van der Waals surface area contributed by atoms with Crippen LogP contribution in [-0.2, 0) is 0 Å². The van der Waals surface area contributed by atoms with E-state index in [0.29, 0.717) is 0 Å². The number of primary amides is 1. The molecule has 0 fully saturated rings. The van der Waals surface area contributed by atoms with Crippen LogP contribution in [0.15, 0.2) is 11.1 Å². The molecule has 0 radical (unpaired) electrons. The van der Waals surface area contributed by atoms with Gasteiger partial charge in [0.05, 0.1) is 25.7 Å². The van der Waals surface area contributed by atoms with Crippen molar-refractivity contribution >= 4 is 29.0 Å². The summed E-state index contributed by atoms with van der Waals surface area (Å²) in [5.74, 6) is -2.13. The molecule has 0 heterocycles. The van der Waals surface area contributed by atoms with Crippen molar-refractivity contribution in [3.63, 3.8) is 0 Å². The van der Waals surface area contributed by atoms with Gasteiger partial charge in [-0.3, -0.25) is 4.79 Å². The first kappa shape index (κ1) is 15.0. The number of aliphatic imine (C=N–C) groups is 1. The molecular formula is C11H13ClFN3O3. The predicted molar refractivity (Wildman–Crippen MR) is 70.0 cm³/mol. The fourth-order valence-electron chi connectivity index (χ4n) is 1.41. The Balaban J connectivity index is 3.62. The van der Waals surface area contributed by atoms with Crippen LogP contribution in [0.3, 0.4) is 0 Å². The van der Waals surface area contributed by atoms with E-state index in [1.54, 1.807) is 0 Å². The number of carbonyl (C=O) groups excluding carboxylic acids is 1. The number of carbonyl (C=O) groups is 1. The molecule has 0 aliphatic rings. The molecule has 0 aliphatic carbocycles. The summed E-state index contributed by atoms with van der Waals surface area (Å²) in [7, 11) is 2.56. The Labute approximate surface area is 114 Å². The van der Waals surface area contributed by atoms with Crippen LogP contribution in [0, 0.1) is 5.82 Å². The molecule has 6 nitrogen and oxygen atoms in total. The number of methoxy groups -OCH3 is 2. The number of benzene rings is 1. The van der Waals surface area contributed by atoms with Gasteiger partial charge in [-0.25, -0.2) is 9.38 Å². The lowest BCUT2D eigenvalue weighted by atomic mass is 10.1. The van der Waals surface area contributed by atoms with Crippen LogP contribution in [0.2, 0.25) is 0 Å². The third-order valence-electron chi connectivity index (χ3n) is 2.24. The van der Waals surface area contributed by atoms with Crippen molar-refractivity contribution in [1.29, 1.82) is 0 Å². The van der Waals surface area contributed by atoms with E-state index in [-0.39, 0.29) is 34.5 Å². The van der Waals surface area contributed by atoms with Gasteiger partial charge < -0.3 is 20.9 Å². The van der Waals surface area contributed by atoms with E-state index in [1.807, 2.05) is 0 Å². The van der Waals surface area contributed by atoms with Crippen molar-refractivity contribution < 1.29 is 18.7 Å². The molecule has 0 saturated carbocycles. The molecule has 1 rings (SSSR count). The van der Waals surface area contributed by atoms with Crippen LogP contribution in [0.25, 0.3) is 0 Å². The first-order chi connectivity index (χ1) is 8.96. The van der Waals surface area contributed by atoms with Gasteiger partial charge in [0.2, 0.25) is 0 Å². The molecule has 1 aromatic rings. The van der Waals surface area contributed by atoms with Crippen molar-refractivity contribution in [3.8, 4) is 11.5 Å². The third kappa shape index (κ3) is 3.05. The van der Waals surface area contributed by atoms with E-state index in [0.717, 1.165) is 0 Å². The first-order valence-electron chi connectivity index (χ1n) is 5.09. The van der Waals surface area contributed by atoms with E-state index in [9.17, 15) is 9.18 Å². The molecule has 0 aliphatic heterocycles. The summed E-state index contributed by atoms with van der Waals surface area (Å²) in [6, 6.07) is 1.23. The van der Waals surface area contributed by atoms with Crippen LogP contribution in [0.4, 0.5) is 10.1 Å². The Hall–Kier alpha value is -2.02. The molecule has 0 atom stereocenters. The van der Waals surface area contributed by atoms with Gasteiger partial charge in [0.25, 0.3) is 5.91 Å². The number of nitrogens with two attached hydrogens (primary N) is 2. The van der Waals surface area contributed by atoms with Gasteiger partial charge in [0.15, 0.2) is 17.3 Å². The van der Waals surface area contributed by atoms with Crippen molar-refractivity contribution in [3.05, 3.63) is 17.4 Å². The summed E-state index contributed by atoms with van der Waals surface area (Å²) in [5.41, 5.74) is 10.1. The normalized spacial score (nSPS) is 11.3. The molecule has 1 amide bonds. The van der Waals surface area contributed by atoms with Crippen LogP contribution in [0.5, 0.6) is 11.5 Å². The van der Waals surface area contributed by atoms with Crippen LogP contribution in [0.1, 0.15) is 10.4 Å². The maximum absolute atomic E-state index is 14.2. The average Bonchev–Trinajstić information content (AvgIpc) is 2.39. The summed E-state index contributed by atoms with van der Waals surface area (Å²) in [5, 5.41) is 0. The number of hydrogen-bond acceptors (Lipinski definition) is 4. The number of amides is 1. The molecule has 1 aromatic carbocycles. The Morgan fingerprint density at radius 2 is 2.05 bits per heavy atom. The van der Waals surface area contributed by atoms with Gasteiger partial charge in [-0.1, -0.05) is 0 Å². The van der Waals surface area contributed by atoms with Crippen LogP contribution >= 0.6 is 11.6 Å². The number of ether oxygens (including phenoxy) is 2. The van der Waals surface area contributed by atoms with E-state index in [1.165, 1.54) is 20.3 Å². The Morgan fingerprint density at radius 1 is 1.42 bits per heavy atom. The lowest BCUT2D eigenvalue weighted by molar-refractivity contribution is 0.1000. The van der Waals surface area contributed by atoms with E-state index in [4.69, 9.17) is 32.5 Å². The second-order valence-electron chi connectivity index (χ2n) is 3.42. The highest BCUT2D eigenvalue weighted by Gasteiger charge is 2.22. The van der Waals surface area contributed by atoms with Gasteiger partial charge in [-0.2, -0.15) is 0 Å². The van der Waals surface area contributed by atoms with Crippen molar-refractivity contribution in [2.75, 3.05) is 20.1 Å². The number of halogens is 2. The smallest absolute Gasteiger partial charge is 0.251 e. The van der Waals surface area contributed by atoms with Crippen molar-refractivity contribution in [1.82, 2.24) is 0 Å². The number of hydrogen-bond donors (Lipinski definition) is 2. The van der Waals surface area contributed by atoms with Gasteiger partial charge in [-0.15, -0.1) is 11.6 Å². The highest BCUT2D eigenvalue weighted by Crippen LogP contribution is 2.38. The van der Waals surface area contributed by atoms with Crippen molar-refractivity contribution in [2.45, 2.75) is 0 Å². The summed E-state index contributed by atoms with van der Waals surface area (Å²) in [4.78, 5) is 15.1. The summed E-state index contributed by atoms with van der Waals surface area (Å²) in [6.07, 6.45) is 0. The number of rotatable bonds is 5. The largest absolute Gasteiger partial charge is 0.493 e. The average molecular weight is 290 g/mol. The monoisotopic (exact) mass is 289 g/mol. The minimum Gasteiger partial charge on any atom is -0.493 e. The minimum absolute atomic E-state index is 0.0252. The maximum Gasteiger partial charge on any atom is 0.251 e. The highest BCUT2D eigenvalue weighted by molar-refractivity contribution is 6.28. The zero-order valence-corrected chi connectivity index (χ0v) is 11.1. The highest BCUT2D eigenvalue weighted by atomic mass is 35.5. The number of alkyl halides is 1.